The van der Waals surface area contributed by atoms with Crippen molar-refractivity contribution in [3.05, 3.63) is 26.8 Å². The minimum atomic E-state index is -3.57. The van der Waals surface area contributed by atoms with E-state index in [1.165, 1.54) is 4.90 Å². The van der Waals surface area contributed by atoms with Crippen molar-refractivity contribution in [2.45, 2.75) is 6.42 Å². The quantitative estimate of drug-likeness (QED) is 0.763. The Kier molecular flexibility index (Phi) is 4.38. The molecule has 0 aliphatic carbocycles. The fourth-order valence-electron chi connectivity index (χ4n) is 2.15. The zero-order valence-electron chi connectivity index (χ0n) is 9.84. The van der Waals surface area contributed by atoms with Crippen molar-refractivity contribution >= 4 is 55.8 Å². The summed E-state index contributed by atoms with van der Waals surface area (Å²) in [6, 6.07) is 5.38. The third-order valence-corrected chi connectivity index (χ3v) is 4.78. The summed E-state index contributed by atoms with van der Waals surface area (Å²) in [5.41, 5.74) is 0.615. The van der Waals surface area contributed by atoms with Gasteiger partial charge in [-0.1, -0.05) is 11.6 Å². The van der Waals surface area contributed by atoms with Gasteiger partial charge < -0.3 is 4.90 Å². The second kappa shape index (κ2) is 5.55. The van der Waals surface area contributed by atoms with Crippen LogP contribution in [0.5, 0.6) is 0 Å². The molecule has 104 valence electrons. The van der Waals surface area contributed by atoms with Crippen LogP contribution in [0.3, 0.4) is 0 Å². The number of hydrogen-bond acceptors (Lipinski definition) is 3. The van der Waals surface area contributed by atoms with E-state index in [-0.39, 0.29) is 24.0 Å². The van der Waals surface area contributed by atoms with Gasteiger partial charge in [0.15, 0.2) is 0 Å². The summed E-state index contributed by atoms with van der Waals surface area (Å²) in [5.74, 6) is -0.591. The van der Waals surface area contributed by atoms with Gasteiger partial charge in [0.2, 0.25) is 15.9 Å². The first-order valence-electron chi connectivity index (χ1n) is 5.52. The van der Waals surface area contributed by atoms with Gasteiger partial charge in [0.1, 0.15) is 0 Å². The van der Waals surface area contributed by atoms with Gasteiger partial charge in [0.25, 0.3) is 0 Å². The number of sulfonamides is 1. The number of nitrogens with two attached hydrogens (primary N) is 1. The highest BCUT2D eigenvalue weighted by molar-refractivity contribution is 14.1. The summed E-state index contributed by atoms with van der Waals surface area (Å²) in [5, 5.41) is 5.49. The van der Waals surface area contributed by atoms with Crippen molar-refractivity contribution in [2.75, 3.05) is 17.2 Å². The summed E-state index contributed by atoms with van der Waals surface area (Å²) in [6.07, 6.45) is 0.179. The average Bonchev–Trinajstić information content (AvgIpc) is 2.56. The molecule has 1 amide bonds. The first-order chi connectivity index (χ1) is 8.76. The zero-order valence-corrected chi connectivity index (χ0v) is 13.6. The Balaban J connectivity index is 2.20. The van der Waals surface area contributed by atoms with Crippen molar-refractivity contribution in [2.24, 2.45) is 11.1 Å². The van der Waals surface area contributed by atoms with Crippen LogP contribution in [0.25, 0.3) is 0 Å². The van der Waals surface area contributed by atoms with E-state index in [1.807, 2.05) is 6.07 Å². The Hall–Kier alpha value is -0.380. The summed E-state index contributed by atoms with van der Waals surface area (Å²) in [4.78, 5) is 13.5. The van der Waals surface area contributed by atoms with Crippen LogP contribution in [0.4, 0.5) is 5.69 Å². The maximum atomic E-state index is 11.9. The number of rotatable bonds is 3. The van der Waals surface area contributed by atoms with Crippen molar-refractivity contribution in [1.82, 2.24) is 0 Å². The number of nitrogens with zero attached hydrogens (tertiary/aromatic N) is 1. The number of primary sulfonamides is 1. The Morgan fingerprint density at radius 1 is 1.47 bits per heavy atom. The van der Waals surface area contributed by atoms with Gasteiger partial charge in [0.05, 0.1) is 16.5 Å². The molecular formula is C11H12ClIN2O3S. The third kappa shape index (κ3) is 3.80. The number of benzene rings is 1. The highest BCUT2D eigenvalue weighted by Crippen LogP contribution is 2.32. The zero-order chi connectivity index (χ0) is 14.2. The monoisotopic (exact) mass is 414 g/mol. The molecule has 1 atom stereocenters. The largest absolute Gasteiger partial charge is 0.311 e. The van der Waals surface area contributed by atoms with Crippen LogP contribution in [-0.4, -0.2) is 26.6 Å². The van der Waals surface area contributed by atoms with Gasteiger partial charge in [-0.2, -0.15) is 0 Å². The molecule has 0 saturated carbocycles. The first kappa shape index (κ1) is 15.0. The number of amides is 1. The number of hydrogen-bond donors (Lipinski definition) is 1. The van der Waals surface area contributed by atoms with Crippen LogP contribution in [0.1, 0.15) is 6.42 Å². The van der Waals surface area contributed by atoms with Crippen molar-refractivity contribution in [1.29, 1.82) is 0 Å². The topological polar surface area (TPSA) is 80.5 Å². The Labute approximate surface area is 130 Å². The maximum Gasteiger partial charge on any atom is 0.227 e. The van der Waals surface area contributed by atoms with Gasteiger partial charge in [0, 0.05) is 22.5 Å². The molecule has 0 spiro atoms. The molecule has 2 N–H and O–H groups in total. The summed E-state index contributed by atoms with van der Waals surface area (Å²) >= 11 is 8.24. The second-order valence-electron chi connectivity index (χ2n) is 4.50. The molecule has 1 heterocycles. The van der Waals surface area contributed by atoms with E-state index in [0.717, 1.165) is 3.57 Å². The lowest BCUT2D eigenvalue weighted by Crippen LogP contribution is -2.27. The Bertz CT molecular complexity index is 620. The SMILES string of the molecule is NS(=O)(=O)CC1CC(=O)N(c2ccc(I)cc2Cl)C1. The molecule has 1 aromatic rings. The minimum absolute atomic E-state index is 0.128. The molecule has 1 fully saturated rings. The maximum absolute atomic E-state index is 11.9. The number of carbonyl (C=O) groups is 1. The number of carbonyl (C=O) groups excluding carboxylic acids is 1. The molecular weight excluding hydrogens is 403 g/mol. The predicted octanol–water partition coefficient (Wildman–Crippen LogP) is 1.59. The van der Waals surface area contributed by atoms with Crippen LogP contribution in [0.15, 0.2) is 18.2 Å². The molecule has 19 heavy (non-hydrogen) atoms. The lowest BCUT2D eigenvalue weighted by atomic mass is 10.1. The summed E-state index contributed by atoms with van der Waals surface area (Å²) < 4.78 is 23.1. The fourth-order valence-corrected chi connectivity index (χ4v) is 3.99. The van der Waals surface area contributed by atoms with Gasteiger partial charge in [-0.05, 0) is 40.8 Å². The van der Waals surface area contributed by atoms with Gasteiger partial charge >= 0.3 is 0 Å². The third-order valence-electron chi connectivity index (χ3n) is 2.87. The van der Waals surface area contributed by atoms with Gasteiger partial charge in [-0.3, -0.25) is 4.79 Å². The van der Waals surface area contributed by atoms with E-state index in [2.05, 4.69) is 22.6 Å². The molecule has 0 bridgehead atoms. The Morgan fingerprint density at radius 3 is 2.74 bits per heavy atom. The molecule has 1 aromatic carbocycles. The molecule has 0 aromatic heterocycles. The molecule has 0 radical (unpaired) electrons. The van der Waals surface area contributed by atoms with Gasteiger partial charge in [-0.15, -0.1) is 0 Å². The van der Waals surface area contributed by atoms with Crippen LogP contribution in [0, 0.1) is 9.49 Å². The average molecular weight is 415 g/mol. The van der Waals surface area contributed by atoms with Crippen LogP contribution >= 0.6 is 34.2 Å². The lowest BCUT2D eigenvalue weighted by molar-refractivity contribution is -0.117. The molecule has 2 rings (SSSR count). The standard InChI is InChI=1S/C11H12ClIN2O3S/c12-9-4-8(13)1-2-10(9)15-5-7(3-11(15)16)6-19(14,17)18/h1-2,4,7H,3,5-6H2,(H2,14,17,18). The molecule has 1 unspecified atom stereocenters. The lowest BCUT2D eigenvalue weighted by Gasteiger charge is -2.18. The van der Waals surface area contributed by atoms with E-state index in [4.69, 9.17) is 16.7 Å². The van der Waals surface area contributed by atoms with Crippen LogP contribution in [0.2, 0.25) is 5.02 Å². The molecule has 5 nitrogen and oxygen atoms in total. The molecule has 8 heteroatoms. The summed E-state index contributed by atoms with van der Waals surface area (Å²) in [6.45, 7) is 0.329. The first-order valence-corrected chi connectivity index (χ1v) is 8.69. The highest BCUT2D eigenvalue weighted by atomic mass is 127. The van der Waals surface area contributed by atoms with Crippen LogP contribution in [-0.2, 0) is 14.8 Å². The van der Waals surface area contributed by atoms with Crippen molar-refractivity contribution < 1.29 is 13.2 Å². The number of anilines is 1. The molecule has 1 aliphatic rings. The highest BCUT2D eigenvalue weighted by Gasteiger charge is 2.33. The smallest absolute Gasteiger partial charge is 0.227 e. The Morgan fingerprint density at radius 2 is 2.16 bits per heavy atom. The number of halogens is 2. The van der Waals surface area contributed by atoms with E-state index in [1.54, 1.807) is 12.1 Å². The van der Waals surface area contributed by atoms with Gasteiger partial charge in [-0.25, -0.2) is 13.6 Å². The predicted molar refractivity (Wildman–Crippen MR) is 82.6 cm³/mol. The van der Waals surface area contributed by atoms with Crippen molar-refractivity contribution in [3.8, 4) is 0 Å². The molecule has 1 saturated heterocycles. The fraction of sp³-hybridized carbons (Fsp3) is 0.364. The van der Waals surface area contributed by atoms with E-state index in [9.17, 15) is 13.2 Å². The van der Waals surface area contributed by atoms with E-state index >= 15 is 0 Å². The normalized spacial score (nSPS) is 20.1. The molecule has 1 aliphatic heterocycles. The van der Waals surface area contributed by atoms with E-state index in [0.29, 0.717) is 17.3 Å². The van der Waals surface area contributed by atoms with Crippen molar-refractivity contribution in [3.63, 3.8) is 0 Å². The second-order valence-corrected chi connectivity index (χ2v) is 7.81. The van der Waals surface area contributed by atoms with E-state index < -0.39 is 10.0 Å². The van der Waals surface area contributed by atoms with Crippen LogP contribution < -0.4 is 10.0 Å². The minimum Gasteiger partial charge on any atom is -0.311 e. The summed E-state index contributed by atoms with van der Waals surface area (Å²) in [7, 11) is -3.57.